The summed E-state index contributed by atoms with van der Waals surface area (Å²) in [5, 5.41) is 0. The highest BCUT2D eigenvalue weighted by molar-refractivity contribution is 14.2. The molecule has 1 fully saturated rings. The molecule has 1 aliphatic rings. The first-order valence-corrected chi connectivity index (χ1v) is 6.95. The molecular formula is C5H11IN2S2. The number of nitrogens with two attached hydrogens (primary N) is 1. The van der Waals surface area contributed by atoms with Crippen molar-refractivity contribution in [3.8, 4) is 0 Å². The number of rotatable bonds is 1. The Morgan fingerprint density at radius 1 is 1.50 bits per heavy atom. The third-order valence-corrected chi connectivity index (χ3v) is 4.36. The lowest BCUT2D eigenvalue weighted by atomic mass is 10.1. The Hall–Kier alpha value is 1.35. The summed E-state index contributed by atoms with van der Waals surface area (Å²) in [5.41, 5.74) is 5.82. The third-order valence-electron chi connectivity index (χ3n) is 1.69. The van der Waals surface area contributed by atoms with Crippen molar-refractivity contribution in [2.75, 3.05) is 13.1 Å². The van der Waals surface area contributed by atoms with E-state index >= 15 is 0 Å². The molecule has 0 amide bonds. The van der Waals surface area contributed by atoms with E-state index in [2.05, 4.69) is 38.1 Å². The Morgan fingerprint density at radius 2 is 2.00 bits per heavy atom. The molecule has 0 aliphatic carbocycles. The summed E-state index contributed by atoms with van der Waals surface area (Å²) >= 11 is 6.63. The molecule has 1 rings (SSSR count). The minimum absolute atomic E-state index is 0.205. The molecule has 1 saturated heterocycles. The first kappa shape index (κ1) is 9.44. The van der Waals surface area contributed by atoms with Gasteiger partial charge in [-0.3, -0.25) is 0 Å². The van der Waals surface area contributed by atoms with Gasteiger partial charge in [0.05, 0.1) is 4.87 Å². The highest BCUT2D eigenvalue weighted by Gasteiger charge is 2.26. The van der Waals surface area contributed by atoms with Gasteiger partial charge in [0, 0.05) is 34.3 Å². The average Bonchev–Trinajstić information content (AvgIpc) is 1.88. The van der Waals surface area contributed by atoms with Crippen LogP contribution in [0.2, 0.25) is 0 Å². The van der Waals surface area contributed by atoms with Crippen molar-refractivity contribution >= 4 is 43.0 Å². The van der Waals surface area contributed by atoms with Crippen LogP contribution in [-0.2, 0) is 0 Å². The highest BCUT2D eigenvalue weighted by Crippen LogP contribution is 2.29. The van der Waals surface area contributed by atoms with Crippen molar-refractivity contribution < 1.29 is 0 Å². The van der Waals surface area contributed by atoms with E-state index in [1.165, 1.54) is 0 Å². The van der Waals surface area contributed by atoms with Gasteiger partial charge in [-0.15, -0.1) is 0 Å². The number of nitrogens with zero attached hydrogens (tertiary/aromatic N) is 1. The van der Waals surface area contributed by atoms with Crippen molar-refractivity contribution in [2.45, 2.75) is 17.7 Å². The number of piperidine rings is 1. The SMILES string of the molecule is NC1(S)CCN(SI)CC1. The summed E-state index contributed by atoms with van der Waals surface area (Å²) in [5.74, 6) is 0. The third kappa shape index (κ3) is 2.77. The van der Waals surface area contributed by atoms with Crippen molar-refractivity contribution in [1.29, 1.82) is 0 Å². The molecule has 1 aliphatic heterocycles. The zero-order chi connectivity index (χ0) is 7.61. The normalized spacial score (nSPS) is 26.7. The van der Waals surface area contributed by atoms with Crippen LogP contribution >= 0.6 is 43.0 Å². The zero-order valence-corrected chi connectivity index (χ0v) is 9.45. The second-order valence-electron chi connectivity index (χ2n) is 2.60. The molecule has 2 N–H and O–H groups in total. The lowest BCUT2D eigenvalue weighted by molar-refractivity contribution is 0.328. The fraction of sp³-hybridized carbons (Fsp3) is 1.00. The van der Waals surface area contributed by atoms with E-state index in [0.717, 1.165) is 25.9 Å². The summed E-state index contributed by atoms with van der Waals surface area (Å²) in [4.78, 5) is -0.205. The Balaban J connectivity index is 2.31. The standard InChI is InChI=1S/C5H11IN2S2/c6-10-8-3-1-5(7,9)2-4-8/h9H,1-4,7H2. The predicted octanol–water partition coefficient (Wildman–Crippen LogP) is 1.67. The van der Waals surface area contributed by atoms with Gasteiger partial charge in [0.25, 0.3) is 0 Å². The molecule has 1 heterocycles. The number of hydrogen-bond donors (Lipinski definition) is 2. The first-order valence-electron chi connectivity index (χ1n) is 3.19. The van der Waals surface area contributed by atoms with Crippen molar-refractivity contribution in [1.82, 2.24) is 4.31 Å². The van der Waals surface area contributed by atoms with Gasteiger partial charge in [-0.25, -0.2) is 4.31 Å². The van der Waals surface area contributed by atoms with E-state index in [1.807, 2.05) is 0 Å². The average molecular weight is 290 g/mol. The van der Waals surface area contributed by atoms with Crippen LogP contribution in [0.4, 0.5) is 0 Å². The molecular weight excluding hydrogens is 279 g/mol. The van der Waals surface area contributed by atoms with Gasteiger partial charge >= 0.3 is 0 Å². The smallest absolute Gasteiger partial charge is 0.0615 e. The highest BCUT2D eigenvalue weighted by atomic mass is 127. The maximum absolute atomic E-state index is 5.82. The summed E-state index contributed by atoms with van der Waals surface area (Å²) < 4.78 is 2.31. The lowest BCUT2D eigenvalue weighted by Gasteiger charge is -2.33. The minimum atomic E-state index is -0.205. The maximum atomic E-state index is 5.82. The van der Waals surface area contributed by atoms with Gasteiger partial charge in [0.2, 0.25) is 0 Å². The molecule has 0 saturated carbocycles. The topological polar surface area (TPSA) is 29.3 Å². The quantitative estimate of drug-likeness (QED) is 0.333. The monoisotopic (exact) mass is 290 g/mol. The summed E-state index contributed by atoms with van der Waals surface area (Å²) in [6.07, 6.45) is 1.98. The maximum Gasteiger partial charge on any atom is 0.0615 e. The molecule has 0 aromatic rings. The van der Waals surface area contributed by atoms with Crippen molar-refractivity contribution in [2.24, 2.45) is 5.73 Å². The van der Waals surface area contributed by atoms with Gasteiger partial charge in [0.15, 0.2) is 0 Å². The second kappa shape index (κ2) is 3.84. The van der Waals surface area contributed by atoms with E-state index in [1.54, 1.807) is 9.12 Å². The van der Waals surface area contributed by atoms with E-state index in [0.29, 0.717) is 0 Å². The number of thiol groups is 1. The lowest BCUT2D eigenvalue weighted by Crippen LogP contribution is -2.43. The zero-order valence-electron chi connectivity index (χ0n) is 5.59. The fourth-order valence-electron chi connectivity index (χ4n) is 0.942. The largest absolute Gasteiger partial charge is 0.317 e. The summed E-state index contributed by atoms with van der Waals surface area (Å²) in [7, 11) is 1.76. The molecule has 0 atom stereocenters. The predicted molar refractivity (Wildman–Crippen MR) is 58.3 cm³/mol. The van der Waals surface area contributed by atoms with Crippen LogP contribution in [0.15, 0.2) is 0 Å². The molecule has 0 aromatic carbocycles. The minimum Gasteiger partial charge on any atom is -0.317 e. The first-order chi connectivity index (χ1) is 4.64. The van der Waals surface area contributed by atoms with E-state index < -0.39 is 0 Å². The van der Waals surface area contributed by atoms with Crippen LogP contribution in [0.1, 0.15) is 12.8 Å². The molecule has 60 valence electrons. The van der Waals surface area contributed by atoms with Crippen LogP contribution in [0.3, 0.4) is 0 Å². The van der Waals surface area contributed by atoms with Gasteiger partial charge < -0.3 is 5.73 Å². The van der Waals surface area contributed by atoms with Gasteiger partial charge in [-0.2, -0.15) is 12.6 Å². The molecule has 0 aromatic heterocycles. The van der Waals surface area contributed by atoms with E-state index in [4.69, 9.17) is 5.73 Å². The van der Waals surface area contributed by atoms with Crippen LogP contribution in [0.5, 0.6) is 0 Å². The van der Waals surface area contributed by atoms with Crippen molar-refractivity contribution in [3.63, 3.8) is 0 Å². The van der Waals surface area contributed by atoms with Gasteiger partial charge in [-0.05, 0) is 22.0 Å². The van der Waals surface area contributed by atoms with E-state index in [9.17, 15) is 0 Å². The Kier molecular flexibility index (Phi) is 3.62. The second-order valence-corrected chi connectivity index (χ2v) is 5.33. The molecule has 5 heteroatoms. The summed E-state index contributed by atoms with van der Waals surface area (Å²) in [6, 6.07) is 0. The van der Waals surface area contributed by atoms with Crippen LogP contribution < -0.4 is 5.73 Å². The Bertz CT molecular complexity index is 110. The van der Waals surface area contributed by atoms with Gasteiger partial charge in [0.1, 0.15) is 0 Å². The van der Waals surface area contributed by atoms with E-state index in [-0.39, 0.29) is 4.87 Å². The molecule has 2 nitrogen and oxygen atoms in total. The molecule has 0 radical (unpaired) electrons. The molecule has 10 heavy (non-hydrogen) atoms. The van der Waals surface area contributed by atoms with Gasteiger partial charge in [-0.1, -0.05) is 0 Å². The molecule has 0 bridgehead atoms. The van der Waals surface area contributed by atoms with Crippen LogP contribution in [0.25, 0.3) is 0 Å². The van der Waals surface area contributed by atoms with Crippen LogP contribution in [-0.4, -0.2) is 22.3 Å². The molecule has 0 spiro atoms. The Labute approximate surface area is 83.4 Å². The van der Waals surface area contributed by atoms with Crippen LogP contribution in [0, 0.1) is 0 Å². The number of halogens is 1. The van der Waals surface area contributed by atoms with Crippen molar-refractivity contribution in [3.05, 3.63) is 0 Å². The summed E-state index contributed by atoms with van der Waals surface area (Å²) in [6.45, 7) is 2.13. The molecule has 0 unspecified atom stereocenters. The fourth-order valence-corrected chi connectivity index (χ4v) is 2.64. The Morgan fingerprint density at radius 3 is 2.40 bits per heavy atom. The number of hydrogen-bond acceptors (Lipinski definition) is 4.